The lowest BCUT2D eigenvalue weighted by Crippen LogP contribution is -2.41. The van der Waals surface area contributed by atoms with Crippen LogP contribution in [0.15, 0.2) is 4.79 Å². The molecule has 0 saturated carbocycles. The summed E-state index contributed by atoms with van der Waals surface area (Å²) < 4.78 is 1.59. The Bertz CT molecular complexity index is 463. The molecule has 1 aromatic rings. The van der Waals surface area contributed by atoms with Gasteiger partial charge in [0.1, 0.15) is 0 Å². The van der Waals surface area contributed by atoms with Gasteiger partial charge < -0.3 is 10.3 Å². The highest BCUT2D eigenvalue weighted by Crippen LogP contribution is 2.03. The van der Waals surface area contributed by atoms with Crippen molar-refractivity contribution in [2.45, 2.75) is 53.1 Å². The van der Waals surface area contributed by atoms with Gasteiger partial charge in [-0.3, -0.25) is 9.36 Å². The van der Waals surface area contributed by atoms with Gasteiger partial charge in [-0.15, -0.1) is 0 Å². The molecular weight excluding hydrogens is 218 g/mol. The van der Waals surface area contributed by atoms with Gasteiger partial charge in [0.05, 0.1) is 0 Å². The molecular formula is C12H21N3O2. The number of amides is 1. The maximum absolute atomic E-state index is 11.6. The zero-order valence-electron chi connectivity index (χ0n) is 11.2. The summed E-state index contributed by atoms with van der Waals surface area (Å²) in [6, 6.07) is 0. The molecule has 96 valence electrons. The molecule has 1 rings (SSSR count). The summed E-state index contributed by atoms with van der Waals surface area (Å²) >= 11 is 0. The molecule has 1 amide bonds. The van der Waals surface area contributed by atoms with Crippen molar-refractivity contribution in [3.8, 4) is 0 Å². The summed E-state index contributed by atoms with van der Waals surface area (Å²) in [5.74, 6) is -0.0392. The number of aromatic amines is 1. The molecule has 2 N–H and O–H groups in total. The fraction of sp³-hybridized carbons (Fsp3) is 0.667. The van der Waals surface area contributed by atoms with Crippen molar-refractivity contribution in [3.63, 3.8) is 0 Å². The molecule has 0 spiro atoms. The van der Waals surface area contributed by atoms with Crippen LogP contribution in [0, 0.1) is 13.8 Å². The van der Waals surface area contributed by atoms with Gasteiger partial charge in [0.25, 0.3) is 0 Å². The zero-order valence-corrected chi connectivity index (χ0v) is 11.2. The van der Waals surface area contributed by atoms with Crippen molar-refractivity contribution in [1.82, 2.24) is 14.9 Å². The highest BCUT2D eigenvalue weighted by Gasteiger charge is 2.14. The van der Waals surface area contributed by atoms with Crippen LogP contribution in [0.3, 0.4) is 0 Å². The van der Waals surface area contributed by atoms with Gasteiger partial charge in [0.2, 0.25) is 5.91 Å². The number of carbonyl (C=O) groups excluding carboxylic acids is 1. The molecule has 17 heavy (non-hydrogen) atoms. The first kappa shape index (κ1) is 13.5. The van der Waals surface area contributed by atoms with E-state index in [4.69, 9.17) is 0 Å². The van der Waals surface area contributed by atoms with Gasteiger partial charge in [0, 0.05) is 29.9 Å². The predicted molar refractivity (Wildman–Crippen MR) is 67.0 cm³/mol. The fourth-order valence-corrected chi connectivity index (χ4v) is 1.64. The van der Waals surface area contributed by atoms with E-state index in [0.29, 0.717) is 13.0 Å². The van der Waals surface area contributed by atoms with Crippen LogP contribution in [0.2, 0.25) is 0 Å². The standard InChI is InChI=1S/C12H21N3O2/c1-8-9(2)15(11(17)13-8)7-6-10(16)14-12(3,4)5/h6-7H2,1-5H3,(H,13,17)(H,14,16). The van der Waals surface area contributed by atoms with E-state index in [1.165, 1.54) is 0 Å². The number of hydrogen-bond acceptors (Lipinski definition) is 2. The maximum atomic E-state index is 11.6. The van der Waals surface area contributed by atoms with Crippen LogP contribution < -0.4 is 11.0 Å². The highest BCUT2D eigenvalue weighted by molar-refractivity contribution is 5.76. The first-order valence-electron chi connectivity index (χ1n) is 5.78. The number of rotatable bonds is 3. The number of carbonyl (C=O) groups is 1. The van der Waals surface area contributed by atoms with Crippen molar-refractivity contribution in [3.05, 3.63) is 21.9 Å². The van der Waals surface area contributed by atoms with Crippen molar-refractivity contribution in [2.75, 3.05) is 0 Å². The minimum absolute atomic E-state index is 0.0392. The number of hydrogen-bond donors (Lipinski definition) is 2. The molecule has 0 aliphatic rings. The van der Waals surface area contributed by atoms with Crippen LogP contribution in [0.4, 0.5) is 0 Å². The van der Waals surface area contributed by atoms with Crippen LogP contribution in [0.25, 0.3) is 0 Å². The molecule has 5 heteroatoms. The molecule has 0 aliphatic heterocycles. The third kappa shape index (κ3) is 3.76. The summed E-state index contributed by atoms with van der Waals surface area (Å²) in [7, 11) is 0. The molecule has 0 aliphatic carbocycles. The van der Waals surface area contributed by atoms with E-state index in [1.54, 1.807) is 4.57 Å². The Morgan fingerprint density at radius 3 is 2.35 bits per heavy atom. The molecule has 5 nitrogen and oxygen atoms in total. The van der Waals surface area contributed by atoms with Crippen LogP contribution in [-0.4, -0.2) is 21.0 Å². The van der Waals surface area contributed by atoms with Gasteiger partial charge >= 0.3 is 5.69 Å². The predicted octanol–water partition coefficient (Wildman–Crippen LogP) is 1.10. The van der Waals surface area contributed by atoms with E-state index in [-0.39, 0.29) is 17.1 Å². The molecule has 1 heterocycles. The van der Waals surface area contributed by atoms with E-state index in [2.05, 4.69) is 10.3 Å². The van der Waals surface area contributed by atoms with Crippen LogP contribution in [0.5, 0.6) is 0 Å². The van der Waals surface area contributed by atoms with Crippen LogP contribution in [0.1, 0.15) is 38.6 Å². The molecule has 0 bridgehead atoms. The number of aromatic nitrogens is 2. The Morgan fingerprint density at radius 2 is 1.94 bits per heavy atom. The smallest absolute Gasteiger partial charge is 0.325 e. The summed E-state index contributed by atoms with van der Waals surface area (Å²) in [5, 5.41) is 2.87. The Hall–Kier alpha value is -1.52. The first-order chi connectivity index (χ1) is 7.70. The number of aryl methyl sites for hydroxylation is 1. The van der Waals surface area contributed by atoms with Crippen molar-refractivity contribution in [1.29, 1.82) is 0 Å². The second-order valence-electron chi connectivity index (χ2n) is 5.34. The average Bonchev–Trinajstić information content (AvgIpc) is 2.36. The van der Waals surface area contributed by atoms with E-state index >= 15 is 0 Å². The van der Waals surface area contributed by atoms with Gasteiger partial charge in [-0.2, -0.15) is 0 Å². The SMILES string of the molecule is Cc1[nH]c(=O)n(CCC(=O)NC(C)(C)C)c1C. The Labute approximate surface area is 101 Å². The molecule has 0 unspecified atom stereocenters. The lowest BCUT2D eigenvalue weighted by atomic mass is 10.1. The van der Waals surface area contributed by atoms with E-state index in [9.17, 15) is 9.59 Å². The number of nitrogens with zero attached hydrogens (tertiary/aromatic N) is 1. The summed E-state index contributed by atoms with van der Waals surface area (Å²) in [6.45, 7) is 9.93. The molecule has 0 radical (unpaired) electrons. The largest absolute Gasteiger partial charge is 0.351 e. The van der Waals surface area contributed by atoms with E-state index in [0.717, 1.165) is 11.4 Å². The lowest BCUT2D eigenvalue weighted by molar-refractivity contribution is -0.122. The van der Waals surface area contributed by atoms with Gasteiger partial charge in [0.15, 0.2) is 0 Å². The van der Waals surface area contributed by atoms with Gasteiger partial charge in [-0.1, -0.05) is 0 Å². The Morgan fingerprint density at radius 1 is 1.35 bits per heavy atom. The second kappa shape index (κ2) is 4.77. The molecule has 1 aromatic heterocycles. The third-order valence-electron chi connectivity index (χ3n) is 2.56. The Balaban J connectivity index is 2.63. The number of nitrogens with one attached hydrogen (secondary N) is 2. The summed E-state index contributed by atoms with van der Waals surface area (Å²) in [6.07, 6.45) is 0.315. The first-order valence-corrected chi connectivity index (χ1v) is 5.78. The van der Waals surface area contributed by atoms with Gasteiger partial charge in [-0.05, 0) is 34.6 Å². The summed E-state index contributed by atoms with van der Waals surface area (Å²) in [5.41, 5.74) is 1.36. The molecule has 0 atom stereocenters. The van der Waals surface area contributed by atoms with Crippen LogP contribution in [-0.2, 0) is 11.3 Å². The maximum Gasteiger partial charge on any atom is 0.325 e. The number of imidazole rings is 1. The van der Waals surface area contributed by atoms with Crippen LogP contribution >= 0.6 is 0 Å². The molecule has 0 saturated heterocycles. The van der Waals surface area contributed by atoms with Crippen molar-refractivity contribution in [2.24, 2.45) is 0 Å². The van der Waals surface area contributed by atoms with Gasteiger partial charge in [-0.25, -0.2) is 4.79 Å². The fourth-order valence-electron chi connectivity index (χ4n) is 1.64. The minimum atomic E-state index is -0.231. The third-order valence-corrected chi connectivity index (χ3v) is 2.56. The monoisotopic (exact) mass is 239 g/mol. The average molecular weight is 239 g/mol. The minimum Gasteiger partial charge on any atom is -0.351 e. The Kier molecular flexibility index (Phi) is 3.80. The van der Waals surface area contributed by atoms with E-state index < -0.39 is 0 Å². The van der Waals surface area contributed by atoms with Crippen molar-refractivity contribution >= 4 is 5.91 Å². The van der Waals surface area contributed by atoms with E-state index in [1.807, 2.05) is 34.6 Å². The summed E-state index contributed by atoms with van der Waals surface area (Å²) in [4.78, 5) is 25.9. The highest BCUT2D eigenvalue weighted by atomic mass is 16.2. The topological polar surface area (TPSA) is 66.9 Å². The normalized spacial score (nSPS) is 11.6. The number of H-pyrrole nitrogens is 1. The van der Waals surface area contributed by atoms with Crippen molar-refractivity contribution < 1.29 is 4.79 Å². The molecule has 0 aromatic carbocycles. The molecule has 0 fully saturated rings. The quantitative estimate of drug-likeness (QED) is 0.829. The second-order valence-corrected chi connectivity index (χ2v) is 5.34. The lowest BCUT2D eigenvalue weighted by Gasteiger charge is -2.20. The zero-order chi connectivity index (χ0) is 13.2.